The van der Waals surface area contributed by atoms with Gasteiger partial charge in [0.2, 0.25) is 5.91 Å². The largest absolute Gasteiger partial charge is 0.340 e. The van der Waals surface area contributed by atoms with Gasteiger partial charge in [0.05, 0.1) is 12.2 Å². The number of rotatable bonds is 2. The molecule has 2 rings (SSSR count). The van der Waals surface area contributed by atoms with Gasteiger partial charge in [0.25, 0.3) is 0 Å². The maximum atomic E-state index is 11.4. The Morgan fingerprint density at radius 3 is 3.14 bits per heavy atom. The van der Waals surface area contributed by atoms with Gasteiger partial charge in [-0.1, -0.05) is 12.1 Å². The van der Waals surface area contributed by atoms with E-state index in [1.807, 2.05) is 22.7 Å². The molecule has 1 fully saturated rings. The van der Waals surface area contributed by atoms with Crippen LogP contribution in [0.5, 0.6) is 0 Å². The highest BCUT2D eigenvalue weighted by Crippen LogP contribution is 2.20. The zero-order chi connectivity index (χ0) is 9.97. The van der Waals surface area contributed by atoms with Crippen LogP contribution in [0, 0.1) is 0 Å². The predicted octanol–water partition coefficient (Wildman–Crippen LogP) is 0.462. The van der Waals surface area contributed by atoms with Gasteiger partial charge in [-0.05, 0) is 6.42 Å². The summed E-state index contributed by atoms with van der Waals surface area (Å²) in [6.07, 6.45) is 5.09. The van der Waals surface area contributed by atoms with Crippen molar-refractivity contribution in [3.8, 4) is 0 Å². The van der Waals surface area contributed by atoms with Gasteiger partial charge in [0, 0.05) is 25.7 Å². The number of carbonyl (C=O) groups is 1. The van der Waals surface area contributed by atoms with Crippen molar-refractivity contribution in [3.63, 3.8) is 0 Å². The number of amides is 1. The monoisotopic (exact) mass is 194 g/mol. The third-order valence-corrected chi connectivity index (χ3v) is 2.63. The van der Waals surface area contributed by atoms with Crippen molar-refractivity contribution >= 4 is 5.91 Å². The molecule has 0 saturated carbocycles. The first kappa shape index (κ1) is 9.18. The molecule has 1 saturated heterocycles. The van der Waals surface area contributed by atoms with Gasteiger partial charge in [-0.3, -0.25) is 4.79 Å². The minimum absolute atomic E-state index is 0.229. The third-order valence-electron chi connectivity index (χ3n) is 2.63. The molecule has 14 heavy (non-hydrogen) atoms. The summed E-state index contributed by atoms with van der Waals surface area (Å²) in [6.45, 7) is 3.51. The molecule has 0 radical (unpaired) electrons. The van der Waals surface area contributed by atoms with Gasteiger partial charge in [-0.25, -0.2) is 4.68 Å². The minimum Gasteiger partial charge on any atom is -0.340 e. The van der Waals surface area contributed by atoms with Gasteiger partial charge in [-0.15, -0.1) is 5.10 Å². The fraction of sp³-hybridized carbons (Fsp3) is 0.667. The van der Waals surface area contributed by atoms with Crippen LogP contribution < -0.4 is 0 Å². The second-order valence-electron chi connectivity index (χ2n) is 3.52. The Kier molecular flexibility index (Phi) is 2.47. The zero-order valence-corrected chi connectivity index (χ0v) is 8.26. The van der Waals surface area contributed by atoms with Gasteiger partial charge in [0.1, 0.15) is 0 Å². The van der Waals surface area contributed by atoms with Crippen molar-refractivity contribution in [3.05, 3.63) is 12.4 Å². The lowest BCUT2D eigenvalue weighted by Gasteiger charge is -2.15. The molecule has 0 N–H and O–H groups in total. The van der Waals surface area contributed by atoms with Crippen molar-refractivity contribution in [2.75, 3.05) is 13.1 Å². The fourth-order valence-corrected chi connectivity index (χ4v) is 1.82. The topological polar surface area (TPSA) is 51.0 Å². The number of likely N-dealkylation sites (tertiary alicyclic amines) is 1. The Labute approximate surface area is 82.7 Å². The molecule has 0 aliphatic carbocycles. The summed E-state index contributed by atoms with van der Waals surface area (Å²) in [7, 11) is 0. The summed E-state index contributed by atoms with van der Waals surface area (Å²) >= 11 is 0. The van der Waals surface area contributed by atoms with E-state index in [0.717, 1.165) is 19.5 Å². The van der Waals surface area contributed by atoms with Crippen LogP contribution in [-0.2, 0) is 4.79 Å². The highest BCUT2D eigenvalue weighted by atomic mass is 16.2. The van der Waals surface area contributed by atoms with E-state index in [-0.39, 0.29) is 5.91 Å². The number of nitrogens with zero attached hydrogens (tertiary/aromatic N) is 4. The van der Waals surface area contributed by atoms with E-state index in [0.29, 0.717) is 12.5 Å². The van der Waals surface area contributed by atoms with Gasteiger partial charge in [-0.2, -0.15) is 0 Å². The maximum Gasteiger partial charge on any atom is 0.222 e. The smallest absolute Gasteiger partial charge is 0.222 e. The average molecular weight is 194 g/mol. The molecule has 5 nitrogen and oxygen atoms in total. The van der Waals surface area contributed by atoms with Gasteiger partial charge in [0.15, 0.2) is 0 Å². The molecule has 1 unspecified atom stereocenters. The minimum atomic E-state index is 0.229. The molecular formula is C9H14N4O. The van der Waals surface area contributed by atoms with Crippen LogP contribution in [0.2, 0.25) is 0 Å². The van der Waals surface area contributed by atoms with E-state index < -0.39 is 0 Å². The predicted molar refractivity (Wildman–Crippen MR) is 50.5 cm³/mol. The number of aromatic nitrogens is 3. The Morgan fingerprint density at radius 2 is 2.50 bits per heavy atom. The quantitative estimate of drug-likeness (QED) is 0.687. The molecule has 1 aliphatic rings. The van der Waals surface area contributed by atoms with E-state index in [1.54, 1.807) is 6.20 Å². The number of hydrogen-bond donors (Lipinski definition) is 0. The van der Waals surface area contributed by atoms with Crippen molar-refractivity contribution in [1.29, 1.82) is 0 Å². The van der Waals surface area contributed by atoms with Crippen LogP contribution in [-0.4, -0.2) is 38.9 Å². The first-order chi connectivity index (χ1) is 6.81. The lowest BCUT2D eigenvalue weighted by atomic mass is 10.3. The molecule has 1 aromatic rings. The number of carbonyl (C=O) groups excluding carboxylic acids is 1. The van der Waals surface area contributed by atoms with Crippen LogP contribution >= 0.6 is 0 Å². The SMILES string of the molecule is CCC(=O)N1CCC(n2ccnn2)C1. The molecule has 1 atom stereocenters. The van der Waals surface area contributed by atoms with E-state index >= 15 is 0 Å². The van der Waals surface area contributed by atoms with Crippen LogP contribution in [0.25, 0.3) is 0 Å². The lowest BCUT2D eigenvalue weighted by molar-refractivity contribution is -0.129. The Balaban J connectivity index is 1.98. The normalized spacial score (nSPS) is 21.5. The molecule has 5 heteroatoms. The maximum absolute atomic E-state index is 11.4. The summed E-state index contributed by atoms with van der Waals surface area (Å²) in [5, 5.41) is 7.71. The van der Waals surface area contributed by atoms with Crippen molar-refractivity contribution in [2.24, 2.45) is 0 Å². The molecule has 1 aromatic heterocycles. The van der Waals surface area contributed by atoms with Crippen molar-refractivity contribution in [1.82, 2.24) is 19.9 Å². The van der Waals surface area contributed by atoms with Crippen LogP contribution in [0.1, 0.15) is 25.8 Å². The molecule has 1 aliphatic heterocycles. The van der Waals surface area contributed by atoms with Gasteiger partial charge < -0.3 is 4.90 Å². The van der Waals surface area contributed by atoms with Crippen LogP contribution in [0.4, 0.5) is 0 Å². The highest BCUT2D eigenvalue weighted by molar-refractivity contribution is 5.76. The van der Waals surface area contributed by atoms with Gasteiger partial charge >= 0.3 is 0 Å². The molecular weight excluding hydrogens is 180 g/mol. The summed E-state index contributed by atoms with van der Waals surface area (Å²) in [6, 6.07) is 0.313. The van der Waals surface area contributed by atoms with E-state index in [4.69, 9.17) is 0 Å². The Bertz CT molecular complexity index is 309. The van der Waals surface area contributed by atoms with Crippen LogP contribution in [0.3, 0.4) is 0 Å². The summed E-state index contributed by atoms with van der Waals surface area (Å²) in [5.41, 5.74) is 0. The van der Waals surface area contributed by atoms with E-state index in [2.05, 4.69) is 10.3 Å². The van der Waals surface area contributed by atoms with Crippen LogP contribution in [0.15, 0.2) is 12.4 Å². The molecule has 76 valence electrons. The number of hydrogen-bond acceptors (Lipinski definition) is 3. The second kappa shape index (κ2) is 3.77. The Hall–Kier alpha value is -1.39. The van der Waals surface area contributed by atoms with E-state index in [1.165, 1.54) is 0 Å². The molecule has 2 heterocycles. The first-order valence-corrected chi connectivity index (χ1v) is 4.95. The standard InChI is InChI=1S/C9H14N4O/c1-2-9(14)12-5-3-8(7-12)13-6-4-10-11-13/h4,6,8H,2-3,5,7H2,1H3. The molecule has 0 aromatic carbocycles. The summed E-state index contributed by atoms with van der Waals surface area (Å²) in [4.78, 5) is 13.3. The van der Waals surface area contributed by atoms with E-state index in [9.17, 15) is 4.79 Å². The summed E-state index contributed by atoms with van der Waals surface area (Å²) < 4.78 is 1.84. The zero-order valence-electron chi connectivity index (χ0n) is 8.26. The molecule has 0 bridgehead atoms. The molecule has 0 spiro atoms. The fourth-order valence-electron chi connectivity index (χ4n) is 1.82. The summed E-state index contributed by atoms with van der Waals surface area (Å²) in [5.74, 6) is 0.229. The van der Waals surface area contributed by atoms with Crippen molar-refractivity contribution in [2.45, 2.75) is 25.8 Å². The first-order valence-electron chi connectivity index (χ1n) is 4.95. The average Bonchev–Trinajstić information content (AvgIpc) is 2.86. The highest BCUT2D eigenvalue weighted by Gasteiger charge is 2.26. The second-order valence-corrected chi connectivity index (χ2v) is 3.52. The Morgan fingerprint density at radius 1 is 1.64 bits per heavy atom. The lowest BCUT2D eigenvalue weighted by Crippen LogP contribution is -2.28. The third kappa shape index (κ3) is 1.62. The molecule has 1 amide bonds. The van der Waals surface area contributed by atoms with Crippen molar-refractivity contribution < 1.29 is 4.79 Å².